The maximum absolute atomic E-state index is 12.6. The van der Waals surface area contributed by atoms with E-state index in [0.717, 1.165) is 18.4 Å². The predicted octanol–water partition coefficient (Wildman–Crippen LogP) is 1.76. The summed E-state index contributed by atoms with van der Waals surface area (Å²) in [4.78, 5) is 0.433. The number of sulfonamides is 1. The molecule has 1 aromatic carbocycles. The van der Waals surface area contributed by atoms with Gasteiger partial charge in [0.15, 0.2) is 0 Å². The zero-order chi connectivity index (χ0) is 14.1. The van der Waals surface area contributed by atoms with Crippen molar-refractivity contribution in [3.05, 3.63) is 29.8 Å². The number of hydrogen-bond donors (Lipinski definition) is 1. The van der Waals surface area contributed by atoms with Crippen LogP contribution in [0.25, 0.3) is 0 Å². The molecular weight excluding hydrogens is 260 g/mol. The van der Waals surface area contributed by atoms with E-state index in [1.807, 2.05) is 26.1 Å². The van der Waals surface area contributed by atoms with Crippen LogP contribution in [-0.2, 0) is 10.0 Å². The van der Waals surface area contributed by atoms with Crippen molar-refractivity contribution in [2.75, 3.05) is 20.1 Å². The molecular formula is C14H22N2O2S. The minimum Gasteiger partial charge on any atom is -0.314 e. The fourth-order valence-corrected chi connectivity index (χ4v) is 4.12. The van der Waals surface area contributed by atoms with E-state index in [-0.39, 0.29) is 5.54 Å². The van der Waals surface area contributed by atoms with Crippen molar-refractivity contribution in [2.45, 2.75) is 37.1 Å². The van der Waals surface area contributed by atoms with Crippen LogP contribution in [0.15, 0.2) is 29.2 Å². The van der Waals surface area contributed by atoms with Crippen LogP contribution >= 0.6 is 0 Å². The summed E-state index contributed by atoms with van der Waals surface area (Å²) in [6.07, 6.45) is 1.68. The number of benzene rings is 1. The topological polar surface area (TPSA) is 49.4 Å². The molecule has 5 heteroatoms. The lowest BCUT2D eigenvalue weighted by molar-refractivity contribution is 0.219. The van der Waals surface area contributed by atoms with Gasteiger partial charge in [-0.25, -0.2) is 8.42 Å². The molecule has 106 valence electrons. The van der Waals surface area contributed by atoms with E-state index < -0.39 is 10.0 Å². The van der Waals surface area contributed by atoms with Crippen LogP contribution < -0.4 is 5.32 Å². The Morgan fingerprint density at radius 3 is 2.32 bits per heavy atom. The molecule has 4 nitrogen and oxygen atoms in total. The van der Waals surface area contributed by atoms with Crippen molar-refractivity contribution in [2.24, 2.45) is 0 Å². The highest BCUT2D eigenvalue weighted by atomic mass is 32.2. The third-order valence-electron chi connectivity index (χ3n) is 4.14. The molecule has 0 spiro atoms. The summed E-state index contributed by atoms with van der Waals surface area (Å²) in [6, 6.07) is 7.18. The molecule has 1 aromatic rings. The third-order valence-corrected chi connectivity index (χ3v) is 6.20. The van der Waals surface area contributed by atoms with Crippen LogP contribution in [0.5, 0.6) is 0 Å². The van der Waals surface area contributed by atoms with Crippen molar-refractivity contribution in [1.29, 1.82) is 0 Å². The van der Waals surface area contributed by atoms with E-state index in [0.29, 0.717) is 18.0 Å². The molecule has 1 N–H and O–H groups in total. The molecule has 2 rings (SSSR count). The monoisotopic (exact) mass is 282 g/mol. The second kappa shape index (κ2) is 5.23. The highest BCUT2D eigenvalue weighted by molar-refractivity contribution is 7.89. The highest BCUT2D eigenvalue weighted by Crippen LogP contribution is 2.27. The number of nitrogens with one attached hydrogen (secondary N) is 1. The first-order valence-electron chi connectivity index (χ1n) is 6.64. The molecule has 1 fully saturated rings. The van der Waals surface area contributed by atoms with Gasteiger partial charge in [0, 0.05) is 18.6 Å². The first-order chi connectivity index (χ1) is 8.89. The fourth-order valence-electron chi connectivity index (χ4n) is 2.46. The molecule has 0 aliphatic carbocycles. The summed E-state index contributed by atoms with van der Waals surface area (Å²) in [6.45, 7) is 5.14. The van der Waals surface area contributed by atoms with Crippen molar-refractivity contribution in [3.8, 4) is 0 Å². The zero-order valence-corrected chi connectivity index (χ0v) is 12.6. The van der Waals surface area contributed by atoms with Gasteiger partial charge in [-0.15, -0.1) is 0 Å². The molecule has 1 heterocycles. The van der Waals surface area contributed by atoms with E-state index in [4.69, 9.17) is 0 Å². The Labute approximate surface area is 115 Å². The number of aryl methyl sites for hydroxylation is 1. The minimum absolute atomic E-state index is 0.0533. The van der Waals surface area contributed by atoms with Gasteiger partial charge in [0.05, 0.1) is 4.90 Å². The van der Waals surface area contributed by atoms with E-state index in [9.17, 15) is 8.42 Å². The SMILES string of the molecule is CNC1(C)CCN(S(=O)(=O)c2ccccc2C)CC1. The van der Waals surface area contributed by atoms with E-state index >= 15 is 0 Å². The van der Waals surface area contributed by atoms with E-state index in [1.54, 1.807) is 16.4 Å². The molecule has 0 aromatic heterocycles. The maximum atomic E-state index is 12.6. The molecule has 0 atom stereocenters. The Hall–Kier alpha value is -0.910. The van der Waals surface area contributed by atoms with Crippen LogP contribution in [0.3, 0.4) is 0 Å². The lowest BCUT2D eigenvalue weighted by Crippen LogP contribution is -2.51. The number of nitrogens with zero attached hydrogens (tertiary/aromatic N) is 1. The summed E-state index contributed by atoms with van der Waals surface area (Å²) >= 11 is 0. The summed E-state index contributed by atoms with van der Waals surface area (Å²) < 4.78 is 26.8. The van der Waals surface area contributed by atoms with Gasteiger partial charge in [0.2, 0.25) is 10.0 Å². The van der Waals surface area contributed by atoms with Gasteiger partial charge < -0.3 is 5.32 Å². The first-order valence-corrected chi connectivity index (χ1v) is 8.08. The molecule has 1 aliphatic rings. The van der Waals surface area contributed by atoms with Crippen molar-refractivity contribution in [1.82, 2.24) is 9.62 Å². The van der Waals surface area contributed by atoms with Gasteiger partial charge in [-0.2, -0.15) is 4.31 Å². The normalized spacial score (nSPS) is 20.4. The second-order valence-corrected chi connectivity index (χ2v) is 7.39. The molecule has 1 saturated heterocycles. The van der Waals surface area contributed by atoms with Gasteiger partial charge in [0.25, 0.3) is 0 Å². The quantitative estimate of drug-likeness (QED) is 0.919. The number of piperidine rings is 1. The third kappa shape index (κ3) is 2.83. The number of rotatable bonds is 3. The van der Waals surface area contributed by atoms with Crippen LogP contribution in [0, 0.1) is 6.92 Å². The molecule has 19 heavy (non-hydrogen) atoms. The first kappa shape index (κ1) is 14.5. The lowest BCUT2D eigenvalue weighted by Gasteiger charge is -2.38. The number of hydrogen-bond acceptors (Lipinski definition) is 3. The second-order valence-electron chi connectivity index (χ2n) is 5.48. The van der Waals surface area contributed by atoms with Gasteiger partial charge >= 0.3 is 0 Å². The average Bonchev–Trinajstić information content (AvgIpc) is 2.39. The van der Waals surface area contributed by atoms with Gasteiger partial charge in [-0.1, -0.05) is 18.2 Å². The summed E-state index contributed by atoms with van der Waals surface area (Å²) in [5, 5.41) is 3.28. The molecule has 0 amide bonds. The van der Waals surface area contributed by atoms with Crippen LogP contribution in [0.1, 0.15) is 25.3 Å². The summed E-state index contributed by atoms with van der Waals surface area (Å²) in [5.41, 5.74) is 0.863. The van der Waals surface area contributed by atoms with Crippen LogP contribution in [0.2, 0.25) is 0 Å². The Kier molecular flexibility index (Phi) is 3.99. The summed E-state index contributed by atoms with van der Waals surface area (Å²) in [7, 11) is -1.41. The Morgan fingerprint density at radius 2 is 1.79 bits per heavy atom. The van der Waals surface area contributed by atoms with Crippen molar-refractivity contribution >= 4 is 10.0 Å². The molecule has 0 bridgehead atoms. The lowest BCUT2D eigenvalue weighted by atomic mass is 9.91. The largest absolute Gasteiger partial charge is 0.314 e. The fraction of sp³-hybridized carbons (Fsp3) is 0.571. The van der Waals surface area contributed by atoms with Crippen LogP contribution in [-0.4, -0.2) is 38.4 Å². The molecule has 1 aliphatic heterocycles. The molecule has 0 unspecified atom stereocenters. The zero-order valence-electron chi connectivity index (χ0n) is 11.8. The molecule has 0 saturated carbocycles. The minimum atomic E-state index is -3.35. The van der Waals surface area contributed by atoms with Gasteiger partial charge in [0.1, 0.15) is 0 Å². The van der Waals surface area contributed by atoms with E-state index in [2.05, 4.69) is 12.2 Å². The van der Waals surface area contributed by atoms with Crippen molar-refractivity contribution in [3.63, 3.8) is 0 Å². The average molecular weight is 282 g/mol. The maximum Gasteiger partial charge on any atom is 0.243 e. The van der Waals surface area contributed by atoms with E-state index in [1.165, 1.54) is 0 Å². The smallest absolute Gasteiger partial charge is 0.243 e. The van der Waals surface area contributed by atoms with Gasteiger partial charge in [-0.3, -0.25) is 0 Å². The standard InChI is InChI=1S/C14H22N2O2S/c1-12-6-4-5-7-13(12)19(17,18)16-10-8-14(2,15-3)9-11-16/h4-7,15H,8-11H2,1-3H3. The Bertz CT molecular complexity index is 546. The molecule has 0 radical (unpaired) electrons. The predicted molar refractivity (Wildman–Crippen MR) is 76.6 cm³/mol. The highest BCUT2D eigenvalue weighted by Gasteiger charge is 2.34. The summed E-state index contributed by atoms with van der Waals surface area (Å²) in [5.74, 6) is 0. The Morgan fingerprint density at radius 1 is 1.21 bits per heavy atom. The van der Waals surface area contributed by atoms with Gasteiger partial charge in [-0.05, 0) is 45.4 Å². The van der Waals surface area contributed by atoms with Crippen LogP contribution in [0.4, 0.5) is 0 Å². The Balaban J connectivity index is 2.22. The van der Waals surface area contributed by atoms with Crippen molar-refractivity contribution < 1.29 is 8.42 Å².